The Kier molecular flexibility index (Phi) is 6.33. The number of nitriles is 1. The van der Waals surface area contributed by atoms with E-state index in [1.807, 2.05) is 6.07 Å². The van der Waals surface area contributed by atoms with Crippen LogP contribution in [-0.2, 0) is 14.3 Å². The van der Waals surface area contributed by atoms with Crippen molar-refractivity contribution in [3.63, 3.8) is 0 Å². The third kappa shape index (κ3) is 5.36. The molecule has 4 atom stereocenters. The molecule has 2 amide bonds. The minimum absolute atomic E-state index is 0.0250. The second kappa shape index (κ2) is 7.59. The molecule has 0 aliphatic carbocycles. The molecule has 8 heteroatoms. The van der Waals surface area contributed by atoms with Gasteiger partial charge >= 0.3 is 6.09 Å². The van der Waals surface area contributed by atoms with Gasteiger partial charge in [0.05, 0.1) is 18.7 Å². The largest absolute Gasteiger partial charge is 0.444 e. The molecule has 1 rings (SSSR count). The van der Waals surface area contributed by atoms with Crippen LogP contribution in [0.15, 0.2) is 0 Å². The summed E-state index contributed by atoms with van der Waals surface area (Å²) in [5.74, 6) is -0.558. The molecule has 1 N–H and O–H groups in total. The molecule has 0 bridgehead atoms. The summed E-state index contributed by atoms with van der Waals surface area (Å²) in [7, 11) is 1.39. The van der Waals surface area contributed by atoms with Gasteiger partial charge in [-0.05, 0) is 27.7 Å². The SMILES string of the molecule is CO[C@H](C)[C@H](NC(=O)OC(C)(C)C)C(=O)N1C[C@@H](F)C[C@H]1C#N. The molecule has 1 saturated heterocycles. The fraction of sp³-hybridized carbons (Fsp3) is 0.800. The zero-order chi connectivity index (χ0) is 17.8. The molecule has 7 nitrogen and oxygen atoms in total. The van der Waals surface area contributed by atoms with Crippen LogP contribution in [0, 0.1) is 11.3 Å². The van der Waals surface area contributed by atoms with Gasteiger partial charge in [0.25, 0.3) is 0 Å². The summed E-state index contributed by atoms with van der Waals surface area (Å²) in [6.07, 6.45) is -2.70. The minimum atomic E-state index is -1.25. The van der Waals surface area contributed by atoms with E-state index in [-0.39, 0.29) is 13.0 Å². The van der Waals surface area contributed by atoms with E-state index in [0.717, 1.165) is 4.90 Å². The van der Waals surface area contributed by atoms with Gasteiger partial charge in [-0.25, -0.2) is 9.18 Å². The maximum absolute atomic E-state index is 13.5. The van der Waals surface area contributed by atoms with E-state index in [1.165, 1.54) is 7.11 Å². The third-order valence-electron chi connectivity index (χ3n) is 3.46. The lowest BCUT2D eigenvalue weighted by atomic mass is 10.1. The highest BCUT2D eigenvalue weighted by Crippen LogP contribution is 2.21. The number of carbonyl (C=O) groups is 2. The maximum atomic E-state index is 13.5. The van der Waals surface area contributed by atoms with Gasteiger partial charge in [0.2, 0.25) is 5.91 Å². The average molecular weight is 329 g/mol. The van der Waals surface area contributed by atoms with Gasteiger partial charge in [-0.3, -0.25) is 4.79 Å². The highest BCUT2D eigenvalue weighted by Gasteiger charge is 2.41. The number of rotatable bonds is 4. The number of likely N-dealkylation sites (tertiary alicyclic amines) is 1. The van der Waals surface area contributed by atoms with Crippen molar-refractivity contribution >= 4 is 12.0 Å². The van der Waals surface area contributed by atoms with Crippen molar-refractivity contribution in [1.82, 2.24) is 10.2 Å². The first-order valence-corrected chi connectivity index (χ1v) is 7.45. The Bertz CT molecular complexity index is 486. The second-order valence-electron chi connectivity index (χ2n) is 6.53. The summed E-state index contributed by atoms with van der Waals surface area (Å²) in [5, 5.41) is 11.5. The molecule has 1 fully saturated rings. The Hall–Kier alpha value is -1.88. The molecule has 0 aromatic rings. The van der Waals surface area contributed by atoms with Crippen molar-refractivity contribution in [3.05, 3.63) is 0 Å². The molecule has 1 aliphatic rings. The summed E-state index contributed by atoms with van der Waals surface area (Å²) in [6.45, 7) is 6.53. The molecule has 0 unspecified atom stereocenters. The molecule has 0 saturated carbocycles. The molecular formula is C15H24FN3O4. The van der Waals surface area contributed by atoms with Gasteiger partial charge in [0, 0.05) is 13.5 Å². The minimum Gasteiger partial charge on any atom is -0.444 e. The molecule has 130 valence electrons. The average Bonchev–Trinajstić information content (AvgIpc) is 2.82. The maximum Gasteiger partial charge on any atom is 0.408 e. The van der Waals surface area contributed by atoms with Crippen molar-refractivity contribution in [3.8, 4) is 6.07 Å². The summed E-state index contributed by atoms with van der Waals surface area (Å²) >= 11 is 0. The summed E-state index contributed by atoms with van der Waals surface area (Å²) in [6, 6.07) is 0.00670. The number of nitrogens with zero attached hydrogens (tertiary/aromatic N) is 2. The number of nitrogens with one attached hydrogen (secondary N) is 1. The number of hydrogen-bond donors (Lipinski definition) is 1. The first-order chi connectivity index (χ1) is 10.6. The van der Waals surface area contributed by atoms with Crippen molar-refractivity contribution in [2.45, 2.75) is 64.1 Å². The van der Waals surface area contributed by atoms with Crippen LogP contribution in [0.2, 0.25) is 0 Å². The zero-order valence-electron chi connectivity index (χ0n) is 14.1. The monoisotopic (exact) mass is 329 g/mol. The van der Waals surface area contributed by atoms with E-state index in [2.05, 4.69) is 5.32 Å². The highest BCUT2D eigenvalue weighted by molar-refractivity contribution is 5.87. The van der Waals surface area contributed by atoms with E-state index in [1.54, 1.807) is 27.7 Å². The molecule has 23 heavy (non-hydrogen) atoms. The van der Waals surface area contributed by atoms with Crippen molar-refractivity contribution < 1.29 is 23.5 Å². The fourth-order valence-electron chi connectivity index (χ4n) is 2.28. The molecule has 1 heterocycles. The van der Waals surface area contributed by atoms with Crippen LogP contribution >= 0.6 is 0 Å². The highest BCUT2D eigenvalue weighted by atomic mass is 19.1. The van der Waals surface area contributed by atoms with Crippen molar-refractivity contribution in [2.24, 2.45) is 0 Å². The molecule has 0 radical (unpaired) electrons. The Labute approximate surface area is 135 Å². The van der Waals surface area contributed by atoms with Crippen LogP contribution in [0.3, 0.4) is 0 Å². The summed E-state index contributed by atoms with van der Waals surface area (Å²) in [4.78, 5) is 25.7. The van der Waals surface area contributed by atoms with Crippen LogP contribution in [0.5, 0.6) is 0 Å². The van der Waals surface area contributed by atoms with Gasteiger partial charge in [-0.2, -0.15) is 5.26 Å². The number of hydrogen-bond acceptors (Lipinski definition) is 5. The van der Waals surface area contributed by atoms with Gasteiger partial charge < -0.3 is 19.7 Å². The van der Waals surface area contributed by atoms with Crippen LogP contribution in [-0.4, -0.2) is 60.5 Å². The van der Waals surface area contributed by atoms with Crippen molar-refractivity contribution in [2.75, 3.05) is 13.7 Å². The van der Waals surface area contributed by atoms with Gasteiger partial charge in [0.15, 0.2) is 0 Å². The standard InChI is InChI=1S/C15H24FN3O4/c1-9(22-5)12(18-14(21)23-15(2,3)4)13(20)19-8-10(16)6-11(19)7-17/h9-12H,6,8H2,1-5H3,(H,18,21)/t9-,10+,11+,12+/m1/s1. The summed E-state index contributed by atoms with van der Waals surface area (Å²) in [5.41, 5.74) is -0.721. The van der Waals surface area contributed by atoms with Gasteiger partial charge in [0.1, 0.15) is 23.9 Å². The number of carbonyl (C=O) groups excluding carboxylic acids is 2. The first kappa shape index (κ1) is 19.2. The van der Waals surface area contributed by atoms with E-state index >= 15 is 0 Å². The quantitative estimate of drug-likeness (QED) is 0.841. The van der Waals surface area contributed by atoms with Gasteiger partial charge in [-0.15, -0.1) is 0 Å². The normalized spacial score (nSPS) is 23.8. The predicted octanol–water partition coefficient (Wildman–Crippen LogP) is 1.38. The Morgan fingerprint density at radius 1 is 1.43 bits per heavy atom. The van der Waals surface area contributed by atoms with Crippen LogP contribution < -0.4 is 5.32 Å². The number of alkyl carbamates (subject to hydrolysis) is 1. The van der Waals surface area contributed by atoms with Crippen LogP contribution in [0.4, 0.5) is 9.18 Å². The van der Waals surface area contributed by atoms with E-state index in [0.29, 0.717) is 0 Å². The fourth-order valence-corrected chi connectivity index (χ4v) is 2.28. The van der Waals surface area contributed by atoms with Crippen molar-refractivity contribution in [1.29, 1.82) is 5.26 Å². The lowest BCUT2D eigenvalue weighted by molar-refractivity contribution is -0.136. The lowest BCUT2D eigenvalue weighted by Gasteiger charge is -2.30. The van der Waals surface area contributed by atoms with Crippen LogP contribution in [0.1, 0.15) is 34.1 Å². The molecule has 0 spiro atoms. The lowest BCUT2D eigenvalue weighted by Crippen LogP contribution is -2.55. The van der Waals surface area contributed by atoms with E-state index < -0.39 is 42.0 Å². The molecule has 0 aromatic heterocycles. The Balaban J connectivity index is 2.87. The summed E-state index contributed by atoms with van der Waals surface area (Å²) < 4.78 is 23.8. The van der Waals surface area contributed by atoms with Gasteiger partial charge in [-0.1, -0.05) is 0 Å². The Morgan fingerprint density at radius 3 is 2.52 bits per heavy atom. The third-order valence-corrected chi connectivity index (χ3v) is 3.46. The molecule has 0 aromatic carbocycles. The zero-order valence-corrected chi connectivity index (χ0v) is 14.1. The molecular weight excluding hydrogens is 305 g/mol. The number of methoxy groups -OCH3 is 1. The number of amides is 2. The predicted molar refractivity (Wildman–Crippen MR) is 80.3 cm³/mol. The second-order valence-corrected chi connectivity index (χ2v) is 6.53. The smallest absolute Gasteiger partial charge is 0.408 e. The van der Waals surface area contributed by atoms with E-state index in [4.69, 9.17) is 14.7 Å². The number of alkyl halides is 1. The number of halogens is 1. The Morgan fingerprint density at radius 2 is 2.04 bits per heavy atom. The van der Waals surface area contributed by atoms with Crippen LogP contribution in [0.25, 0.3) is 0 Å². The number of ether oxygens (including phenoxy) is 2. The topological polar surface area (TPSA) is 91.7 Å². The van der Waals surface area contributed by atoms with E-state index in [9.17, 15) is 14.0 Å². The first-order valence-electron chi connectivity index (χ1n) is 7.45. The molecule has 1 aliphatic heterocycles.